The first-order valence-corrected chi connectivity index (χ1v) is 11.6. The molecule has 0 radical (unpaired) electrons. The molecule has 1 aliphatic rings. The summed E-state index contributed by atoms with van der Waals surface area (Å²) in [6.07, 6.45) is 1.45. The van der Waals surface area contributed by atoms with Gasteiger partial charge in [-0.3, -0.25) is 4.79 Å². The second-order valence-corrected chi connectivity index (χ2v) is 10.1. The van der Waals surface area contributed by atoms with E-state index in [1.165, 1.54) is 5.56 Å². The number of thioether (sulfide) groups is 1. The summed E-state index contributed by atoms with van der Waals surface area (Å²) in [6.45, 7) is 11.3. The maximum Gasteiger partial charge on any atom is 0.265 e. The number of aryl methyl sites for hydroxylation is 2. The van der Waals surface area contributed by atoms with Crippen molar-refractivity contribution in [3.05, 3.63) is 59.8 Å². The Hall–Kier alpha value is -2.73. The van der Waals surface area contributed by atoms with Gasteiger partial charge < -0.3 is 14.6 Å². The highest BCUT2D eigenvalue weighted by Gasteiger charge is 2.23. The number of nitrogens with zero attached hydrogens (tertiary/aromatic N) is 2. The van der Waals surface area contributed by atoms with Gasteiger partial charge in [0.05, 0.1) is 5.69 Å². The van der Waals surface area contributed by atoms with Gasteiger partial charge in [0.25, 0.3) is 5.91 Å². The van der Waals surface area contributed by atoms with E-state index >= 15 is 0 Å². The zero-order valence-corrected chi connectivity index (χ0v) is 19.5. The highest BCUT2D eigenvalue weighted by molar-refractivity contribution is 7.99. The van der Waals surface area contributed by atoms with Crippen LogP contribution in [-0.2, 0) is 16.8 Å². The molecule has 5 nitrogen and oxygen atoms in total. The van der Waals surface area contributed by atoms with Crippen LogP contribution in [0.15, 0.2) is 53.8 Å². The molecule has 31 heavy (non-hydrogen) atoms. The van der Waals surface area contributed by atoms with Crippen LogP contribution in [0.1, 0.15) is 38.8 Å². The van der Waals surface area contributed by atoms with Gasteiger partial charge in [0, 0.05) is 29.7 Å². The van der Waals surface area contributed by atoms with Crippen molar-refractivity contribution in [3.8, 4) is 17.0 Å². The Kier molecular flexibility index (Phi) is 5.84. The Morgan fingerprint density at radius 2 is 2.03 bits per heavy atom. The Labute approximate surface area is 188 Å². The third kappa shape index (κ3) is 4.79. The number of hydrogen-bond acceptors (Lipinski definition) is 4. The van der Waals surface area contributed by atoms with Gasteiger partial charge in [0.15, 0.2) is 11.3 Å². The van der Waals surface area contributed by atoms with E-state index < -0.39 is 6.10 Å². The van der Waals surface area contributed by atoms with Crippen LogP contribution < -0.4 is 10.1 Å². The molecule has 1 aliphatic heterocycles. The smallest absolute Gasteiger partial charge is 0.265 e. The molecule has 1 aromatic heterocycles. The molecule has 6 heteroatoms. The Morgan fingerprint density at radius 1 is 1.23 bits per heavy atom. The number of aromatic nitrogens is 2. The summed E-state index contributed by atoms with van der Waals surface area (Å²) < 4.78 is 8.26. The van der Waals surface area contributed by atoms with E-state index in [0.717, 1.165) is 45.7 Å². The van der Waals surface area contributed by atoms with E-state index in [-0.39, 0.29) is 11.3 Å². The number of benzene rings is 2. The minimum absolute atomic E-state index is 0.0744. The monoisotopic (exact) mass is 435 g/mol. The molecule has 2 heterocycles. The SMILES string of the molecule is Cc1ccc(OC(C)C(=O)Nc2cccc(-c3cn4c(n3)SCC4)c2)c(C(C)(C)C)c1. The van der Waals surface area contributed by atoms with Crippen LogP contribution in [0.3, 0.4) is 0 Å². The molecule has 0 saturated heterocycles. The number of hydrogen-bond donors (Lipinski definition) is 1. The average molecular weight is 436 g/mol. The summed E-state index contributed by atoms with van der Waals surface area (Å²) in [6, 6.07) is 13.9. The lowest BCUT2D eigenvalue weighted by Crippen LogP contribution is -2.31. The Morgan fingerprint density at radius 3 is 2.77 bits per heavy atom. The van der Waals surface area contributed by atoms with Crippen molar-refractivity contribution in [2.45, 2.75) is 57.8 Å². The van der Waals surface area contributed by atoms with Gasteiger partial charge in [-0.05, 0) is 43.0 Å². The second-order valence-electron chi connectivity index (χ2n) is 9.03. The molecule has 0 bridgehead atoms. The summed E-state index contributed by atoms with van der Waals surface area (Å²) >= 11 is 1.77. The Bertz CT molecular complexity index is 1090. The summed E-state index contributed by atoms with van der Waals surface area (Å²) in [5.41, 5.74) is 4.85. The van der Waals surface area contributed by atoms with E-state index in [1.54, 1.807) is 18.7 Å². The van der Waals surface area contributed by atoms with E-state index in [9.17, 15) is 4.79 Å². The first kappa shape index (κ1) is 21.5. The number of fused-ring (bicyclic) bond motifs is 1. The minimum atomic E-state index is -0.625. The maximum absolute atomic E-state index is 12.8. The number of amides is 1. The quantitative estimate of drug-likeness (QED) is 0.561. The van der Waals surface area contributed by atoms with Crippen molar-refractivity contribution in [2.24, 2.45) is 0 Å². The highest BCUT2D eigenvalue weighted by atomic mass is 32.2. The number of rotatable bonds is 5. The van der Waals surface area contributed by atoms with Crippen LogP contribution in [0.5, 0.6) is 5.75 Å². The van der Waals surface area contributed by atoms with Gasteiger partial charge in [-0.25, -0.2) is 4.98 Å². The third-order valence-corrected chi connectivity index (χ3v) is 6.32. The summed E-state index contributed by atoms with van der Waals surface area (Å²) in [5, 5.41) is 4.04. The number of imidazole rings is 1. The standard InChI is InChI=1S/C25H29N3O2S/c1-16-9-10-22(20(13-16)25(3,4)5)30-17(2)23(29)26-19-8-6-7-18(14-19)21-15-28-11-12-31-24(28)27-21/h6-10,13-15,17H,11-12H2,1-5H3,(H,26,29). The fourth-order valence-corrected chi connectivity index (χ4v) is 4.57. The fourth-order valence-electron chi connectivity index (χ4n) is 3.63. The average Bonchev–Trinajstić information content (AvgIpc) is 3.31. The lowest BCUT2D eigenvalue weighted by atomic mass is 9.85. The molecule has 0 spiro atoms. The molecular formula is C25H29N3O2S. The maximum atomic E-state index is 12.8. The molecule has 0 aliphatic carbocycles. The van der Waals surface area contributed by atoms with E-state index in [1.807, 2.05) is 36.4 Å². The zero-order valence-electron chi connectivity index (χ0n) is 18.7. The largest absolute Gasteiger partial charge is 0.481 e. The van der Waals surface area contributed by atoms with Crippen LogP contribution in [0.4, 0.5) is 5.69 Å². The van der Waals surface area contributed by atoms with E-state index in [0.29, 0.717) is 0 Å². The Balaban J connectivity index is 1.47. The van der Waals surface area contributed by atoms with Crippen LogP contribution in [0.2, 0.25) is 0 Å². The van der Waals surface area contributed by atoms with Crippen molar-refractivity contribution in [1.29, 1.82) is 0 Å². The van der Waals surface area contributed by atoms with Gasteiger partial charge in [0.2, 0.25) is 0 Å². The topological polar surface area (TPSA) is 56.1 Å². The fraction of sp³-hybridized carbons (Fsp3) is 0.360. The minimum Gasteiger partial charge on any atom is -0.481 e. The zero-order chi connectivity index (χ0) is 22.2. The summed E-state index contributed by atoms with van der Waals surface area (Å²) in [5.74, 6) is 1.65. The molecule has 0 fully saturated rings. The molecule has 0 saturated carbocycles. The van der Waals surface area contributed by atoms with Crippen molar-refractivity contribution in [3.63, 3.8) is 0 Å². The van der Waals surface area contributed by atoms with Gasteiger partial charge in [-0.2, -0.15) is 0 Å². The van der Waals surface area contributed by atoms with Crippen molar-refractivity contribution >= 4 is 23.4 Å². The normalized spacial score (nSPS) is 14.2. The second kappa shape index (κ2) is 8.42. The molecular weight excluding hydrogens is 406 g/mol. The number of carbonyl (C=O) groups excluding carboxylic acids is 1. The number of carbonyl (C=O) groups is 1. The van der Waals surface area contributed by atoms with E-state index in [4.69, 9.17) is 9.72 Å². The van der Waals surface area contributed by atoms with E-state index in [2.05, 4.69) is 49.8 Å². The van der Waals surface area contributed by atoms with Crippen molar-refractivity contribution in [1.82, 2.24) is 9.55 Å². The number of nitrogens with one attached hydrogen (secondary N) is 1. The summed E-state index contributed by atoms with van der Waals surface area (Å²) in [4.78, 5) is 17.5. The van der Waals surface area contributed by atoms with Gasteiger partial charge in [-0.1, -0.05) is 62.4 Å². The lowest BCUT2D eigenvalue weighted by Gasteiger charge is -2.25. The first-order chi connectivity index (χ1) is 14.7. The third-order valence-electron chi connectivity index (χ3n) is 5.35. The van der Waals surface area contributed by atoms with Crippen molar-refractivity contribution < 1.29 is 9.53 Å². The number of ether oxygens (including phenoxy) is 1. The molecule has 1 unspecified atom stereocenters. The van der Waals surface area contributed by atoms with Gasteiger partial charge in [-0.15, -0.1) is 0 Å². The van der Waals surface area contributed by atoms with Crippen LogP contribution >= 0.6 is 11.8 Å². The van der Waals surface area contributed by atoms with Crippen LogP contribution in [-0.4, -0.2) is 27.3 Å². The molecule has 3 aromatic rings. The molecule has 1 N–H and O–H groups in total. The van der Waals surface area contributed by atoms with Gasteiger partial charge >= 0.3 is 0 Å². The number of anilines is 1. The van der Waals surface area contributed by atoms with Crippen LogP contribution in [0.25, 0.3) is 11.3 Å². The first-order valence-electron chi connectivity index (χ1n) is 10.6. The molecule has 1 atom stereocenters. The lowest BCUT2D eigenvalue weighted by molar-refractivity contribution is -0.122. The molecule has 4 rings (SSSR count). The molecule has 1 amide bonds. The van der Waals surface area contributed by atoms with Crippen molar-refractivity contribution in [2.75, 3.05) is 11.1 Å². The molecule has 162 valence electrons. The van der Waals surface area contributed by atoms with Crippen LogP contribution in [0, 0.1) is 6.92 Å². The van der Waals surface area contributed by atoms with Gasteiger partial charge in [0.1, 0.15) is 5.75 Å². The summed E-state index contributed by atoms with van der Waals surface area (Å²) in [7, 11) is 0. The molecule has 2 aromatic carbocycles. The highest BCUT2D eigenvalue weighted by Crippen LogP contribution is 2.33. The predicted molar refractivity (Wildman–Crippen MR) is 127 cm³/mol. The predicted octanol–water partition coefficient (Wildman–Crippen LogP) is 5.67.